The Morgan fingerprint density at radius 3 is 1.89 bits per heavy atom. The van der Waals surface area contributed by atoms with E-state index in [4.69, 9.17) is 0 Å². The average molecular weight is 356 g/mol. The number of para-hydroxylation sites is 1. The van der Waals surface area contributed by atoms with Crippen LogP contribution < -0.4 is 0 Å². The molecule has 1 heterocycles. The first-order chi connectivity index (χ1) is 12.7. The van der Waals surface area contributed by atoms with E-state index >= 15 is 0 Å². The number of aromatic nitrogens is 1. The van der Waals surface area contributed by atoms with Crippen molar-refractivity contribution in [2.75, 3.05) is 0 Å². The van der Waals surface area contributed by atoms with E-state index in [0.29, 0.717) is 0 Å². The molecule has 138 valence electrons. The van der Waals surface area contributed by atoms with Gasteiger partial charge in [0.2, 0.25) is 0 Å². The zero-order valence-electron chi connectivity index (χ0n) is 17.3. The Morgan fingerprint density at radius 2 is 1.19 bits per heavy atom. The Labute approximate surface area is 162 Å². The molecular weight excluding hydrogens is 326 g/mol. The lowest BCUT2D eigenvalue weighted by Crippen LogP contribution is -2.12. The maximum Gasteiger partial charge on any atom is 0.0544 e. The molecule has 4 rings (SSSR count). The Morgan fingerprint density at radius 1 is 0.556 bits per heavy atom. The number of fused-ring (bicyclic) bond motifs is 3. The van der Waals surface area contributed by atoms with Crippen LogP contribution in [0.15, 0.2) is 66.7 Å². The number of hydrogen-bond donors (Lipinski definition) is 0. The molecule has 3 aromatic carbocycles. The van der Waals surface area contributed by atoms with Crippen molar-refractivity contribution < 1.29 is 0 Å². The maximum atomic E-state index is 2.43. The van der Waals surface area contributed by atoms with E-state index in [1.165, 1.54) is 38.6 Å². The van der Waals surface area contributed by atoms with Crippen molar-refractivity contribution >= 4 is 21.8 Å². The molecule has 0 aliphatic rings. The van der Waals surface area contributed by atoms with Crippen molar-refractivity contribution in [3.63, 3.8) is 0 Å². The molecule has 0 aliphatic carbocycles. The highest BCUT2D eigenvalue weighted by atomic mass is 15.0. The van der Waals surface area contributed by atoms with Crippen LogP contribution in [0.5, 0.6) is 0 Å². The highest BCUT2D eigenvalue weighted by molar-refractivity contribution is 6.09. The van der Waals surface area contributed by atoms with Gasteiger partial charge in [-0.1, -0.05) is 84.0 Å². The predicted molar refractivity (Wildman–Crippen MR) is 118 cm³/mol. The van der Waals surface area contributed by atoms with Crippen molar-refractivity contribution in [3.05, 3.63) is 77.9 Å². The van der Waals surface area contributed by atoms with Crippen LogP contribution in [-0.2, 0) is 10.8 Å². The molecule has 0 N–H and O–H groups in total. The quantitative estimate of drug-likeness (QED) is 0.336. The molecule has 0 unspecified atom stereocenters. The molecule has 0 radical (unpaired) electrons. The molecule has 0 saturated carbocycles. The summed E-state index contributed by atoms with van der Waals surface area (Å²) in [5.41, 5.74) is 6.77. The van der Waals surface area contributed by atoms with Crippen LogP contribution in [0.3, 0.4) is 0 Å². The molecule has 1 nitrogen and oxygen atoms in total. The summed E-state index contributed by atoms with van der Waals surface area (Å²) in [5, 5.41) is 2.63. The molecule has 1 aromatic heterocycles. The highest BCUT2D eigenvalue weighted by Crippen LogP contribution is 2.35. The van der Waals surface area contributed by atoms with Gasteiger partial charge >= 0.3 is 0 Å². The molecule has 27 heavy (non-hydrogen) atoms. The molecule has 0 bridgehead atoms. The Bertz CT molecular complexity index is 1130. The van der Waals surface area contributed by atoms with Gasteiger partial charge in [-0.3, -0.25) is 0 Å². The first-order valence-electron chi connectivity index (χ1n) is 9.81. The van der Waals surface area contributed by atoms with Gasteiger partial charge in [0.15, 0.2) is 0 Å². The number of nitrogens with zero attached hydrogens (tertiary/aromatic N) is 1. The van der Waals surface area contributed by atoms with E-state index in [-0.39, 0.29) is 10.8 Å². The second-order valence-corrected chi connectivity index (χ2v) is 9.63. The van der Waals surface area contributed by atoms with E-state index in [0.717, 1.165) is 0 Å². The summed E-state index contributed by atoms with van der Waals surface area (Å²) in [6.07, 6.45) is 0. The summed E-state index contributed by atoms with van der Waals surface area (Å²) in [5.74, 6) is 0. The summed E-state index contributed by atoms with van der Waals surface area (Å²) in [6, 6.07) is 24.7. The van der Waals surface area contributed by atoms with Crippen molar-refractivity contribution in [1.29, 1.82) is 0 Å². The predicted octanol–water partition coefficient (Wildman–Crippen LogP) is 7.38. The molecule has 0 atom stereocenters. The summed E-state index contributed by atoms with van der Waals surface area (Å²) in [4.78, 5) is 0. The molecule has 0 fully saturated rings. The summed E-state index contributed by atoms with van der Waals surface area (Å²) in [7, 11) is 0. The van der Waals surface area contributed by atoms with Gasteiger partial charge in [-0.05, 0) is 46.2 Å². The first kappa shape index (κ1) is 17.9. The zero-order chi connectivity index (χ0) is 19.4. The van der Waals surface area contributed by atoms with Crippen LogP contribution in [0.1, 0.15) is 52.7 Å². The highest BCUT2D eigenvalue weighted by Gasteiger charge is 2.19. The minimum absolute atomic E-state index is 0.128. The fraction of sp³-hybridized carbons (Fsp3) is 0.308. The second-order valence-electron chi connectivity index (χ2n) is 9.63. The van der Waals surface area contributed by atoms with Crippen molar-refractivity contribution in [2.45, 2.75) is 52.4 Å². The molecular formula is C26H29N. The fourth-order valence-electron chi connectivity index (χ4n) is 3.83. The molecule has 0 aliphatic heterocycles. The zero-order valence-corrected chi connectivity index (χ0v) is 17.3. The monoisotopic (exact) mass is 355 g/mol. The topological polar surface area (TPSA) is 4.93 Å². The Balaban J connectivity index is 2.09. The van der Waals surface area contributed by atoms with Gasteiger partial charge < -0.3 is 4.57 Å². The van der Waals surface area contributed by atoms with Crippen LogP contribution >= 0.6 is 0 Å². The van der Waals surface area contributed by atoms with Gasteiger partial charge in [0, 0.05) is 16.5 Å². The number of benzene rings is 3. The average Bonchev–Trinajstić information content (AvgIpc) is 2.94. The minimum Gasteiger partial charge on any atom is -0.309 e. The normalized spacial score (nSPS) is 12.8. The van der Waals surface area contributed by atoms with Gasteiger partial charge in [0.1, 0.15) is 0 Å². The van der Waals surface area contributed by atoms with Crippen LogP contribution in [-0.4, -0.2) is 4.57 Å². The van der Waals surface area contributed by atoms with Crippen molar-refractivity contribution in [2.24, 2.45) is 0 Å². The Kier molecular flexibility index (Phi) is 3.96. The summed E-state index contributed by atoms with van der Waals surface area (Å²) >= 11 is 0. The van der Waals surface area contributed by atoms with Gasteiger partial charge in [0.25, 0.3) is 0 Å². The lowest BCUT2D eigenvalue weighted by atomic mass is 9.86. The van der Waals surface area contributed by atoms with Crippen molar-refractivity contribution in [1.82, 2.24) is 4.57 Å². The maximum absolute atomic E-state index is 2.43. The van der Waals surface area contributed by atoms with Crippen LogP contribution in [0.4, 0.5) is 0 Å². The number of rotatable bonds is 1. The van der Waals surface area contributed by atoms with Gasteiger partial charge in [-0.2, -0.15) is 0 Å². The molecule has 0 spiro atoms. The third kappa shape index (κ3) is 3.06. The van der Waals surface area contributed by atoms with Gasteiger partial charge in [-0.25, -0.2) is 0 Å². The van der Waals surface area contributed by atoms with E-state index in [9.17, 15) is 0 Å². The Hall–Kier alpha value is -2.54. The van der Waals surface area contributed by atoms with E-state index < -0.39 is 0 Å². The minimum atomic E-state index is 0.128. The van der Waals surface area contributed by atoms with Crippen LogP contribution in [0.2, 0.25) is 0 Å². The standard InChI is InChI=1S/C26H29N/c1-25(2,3)18-10-9-11-20(16-18)27-23-13-8-7-12-21(23)22-15-14-19(17-24(22)27)26(4,5)6/h7-17H,1-6H3. The summed E-state index contributed by atoms with van der Waals surface area (Å²) in [6.45, 7) is 13.7. The van der Waals surface area contributed by atoms with Gasteiger partial charge in [0.05, 0.1) is 11.0 Å². The fourth-order valence-corrected chi connectivity index (χ4v) is 3.83. The van der Waals surface area contributed by atoms with Crippen LogP contribution in [0.25, 0.3) is 27.5 Å². The lowest BCUT2D eigenvalue weighted by Gasteiger charge is -2.21. The van der Waals surface area contributed by atoms with E-state index in [1.54, 1.807) is 0 Å². The van der Waals surface area contributed by atoms with Crippen LogP contribution in [0, 0.1) is 0 Å². The lowest BCUT2D eigenvalue weighted by molar-refractivity contribution is 0.590. The second kappa shape index (κ2) is 5.99. The SMILES string of the molecule is CC(C)(C)c1cccc(-n2c3ccccc3c3ccc(C(C)(C)C)cc32)c1. The molecule has 0 amide bonds. The molecule has 4 aromatic rings. The molecule has 0 saturated heterocycles. The molecule has 1 heteroatoms. The smallest absolute Gasteiger partial charge is 0.0544 e. The third-order valence-electron chi connectivity index (χ3n) is 5.51. The van der Waals surface area contributed by atoms with E-state index in [2.05, 4.69) is 113 Å². The first-order valence-corrected chi connectivity index (χ1v) is 9.81. The van der Waals surface area contributed by atoms with Gasteiger partial charge in [-0.15, -0.1) is 0 Å². The van der Waals surface area contributed by atoms with E-state index in [1.807, 2.05) is 0 Å². The largest absolute Gasteiger partial charge is 0.309 e. The summed E-state index contributed by atoms with van der Waals surface area (Å²) < 4.78 is 2.43. The number of hydrogen-bond acceptors (Lipinski definition) is 0. The third-order valence-corrected chi connectivity index (χ3v) is 5.51. The van der Waals surface area contributed by atoms with Crippen molar-refractivity contribution in [3.8, 4) is 5.69 Å².